The van der Waals surface area contributed by atoms with E-state index in [-0.39, 0.29) is 36.8 Å². The van der Waals surface area contributed by atoms with Crippen LogP contribution in [0.15, 0.2) is 24.3 Å². The summed E-state index contributed by atoms with van der Waals surface area (Å²) in [6.45, 7) is 0.0760. The number of sulfone groups is 1. The van der Waals surface area contributed by atoms with Crippen LogP contribution in [-0.2, 0) is 19.4 Å². The minimum absolute atomic E-state index is 0.00242. The highest BCUT2D eigenvalue weighted by Crippen LogP contribution is 2.21. The smallest absolute Gasteiger partial charge is 0.252 e. The lowest BCUT2D eigenvalue weighted by Crippen LogP contribution is -2.43. The van der Waals surface area contributed by atoms with E-state index in [1.165, 1.54) is 0 Å². The van der Waals surface area contributed by atoms with Gasteiger partial charge in [0.1, 0.15) is 0 Å². The van der Waals surface area contributed by atoms with E-state index >= 15 is 0 Å². The van der Waals surface area contributed by atoms with E-state index in [0.717, 1.165) is 0 Å². The molecule has 8 nitrogen and oxygen atoms in total. The van der Waals surface area contributed by atoms with Crippen molar-refractivity contribution < 1.29 is 22.8 Å². The lowest BCUT2D eigenvalue weighted by atomic mass is 10.1. The Morgan fingerprint density at radius 3 is 2.46 bits per heavy atom. The predicted molar refractivity (Wildman–Crippen MR) is 96.1 cm³/mol. The summed E-state index contributed by atoms with van der Waals surface area (Å²) in [5, 5.41) is 2.88. The molecule has 1 aromatic rings. The van der Waals surface area contributed by atoms with Crippen LogP contribution >= 0.6 is 11.6 Å². The number of hydrazine groups is 1. The number of halogens is 1. The number of carbonyl (C=O) groups is 3. The molecule has 3 N–H and O–H groups in total. The van der Waals surface area contributed by atoms with E-state index in [1.54, 1.807) is 24.3 Å². The molecule has 3 amide bonds. The summed E-state index contributed by atoms with van der Waals surface area (Å²) in [7, 11) is -3.04. The van der Waals surface area contributed by atoms with Crippen molar-refractivity contribution >= 4 is 39.2 Å². The van der Waals surface area contributed by atoms with E-state index < -0.39 is 27.6 Å². The van der Waals surface area contributed by atoms with Crippen molar-refractivity contribution in [2.45, 2.75) is 19.3 Å². The van der Waals surface area contributed by atoms with Crippen LogP contribution in [-0.4, -0.2) is 44.2 Å². The van der Waals surface area contributed by atoms with Gasteiger partial charge >= 0.3 is 0 Å². The van der Waals surface area contributed by atoms with Gasteiger partial charge in [-0.25, -0.2) is 8.42 Å². The average Bonchev–Trinajstić information content (AvgIpc) is 2.91. The molecule has 0 radical (unpaired) electrons. The van der Waals surface area contributed by atoms with Crippen LogP contribution in [0.25, 0.3) is 0 Å². The molecule has 0 unspecified atom stereocenters. The molecule has 0 saturated carbocycles. The molecule has 1 aromatic carbocycles. The Bertz CT molecular complexity index is 797. The van der Waals surface area contributed by atoms with Crippen molar-refractivity contribution in [1.82, 2.24) is 16.2 Å². The lowest BCUT2D eigenvalue weighted by molar-refractivity contribution is -0.129. The summed E-state index contributed by atoms with van der Waals surface area (Å²) >= 11 is 5.91. The second kappa shape index (κ2) is 9.00. The maximum absolute atomic E-state index is 11.9. The minimum atomic E-state index is -3.04. The monoisotopic (exact) mass is 401 g/mol. The van der Waals surface area contributed by atoms with Crippen LogP contribution in [0.4, 0.5) is 0 Å². The molecule has 0 aromatic heterocycles. The van der Waals surface area contributed by atoms with Gasteiger partial charge in [0.2, 0.25) is 11.8 Å². The molecule has 0 bridgehead atoms. The number of amides is 3. The molecule has 26 heavy (non-hydrogen) atoms. The summed E-state index contributed by atoms with van der Waals surface area (Å²) in [5.41, 5.74) is 4.80. The van der Waals surface area contributed by atoms with Gasteiger partial charge in [0.25, 0.3) is 5.91 Å². The molecular weight excluding hydrogens is 382 g/mol. The average molecular weight is 402 g/mol. The molecule has 1 heterocycles. The third-order valence-corrected chi connectivity index (χ3v) is 6.06. The molecule has 1 aliphatic heterocycles. The Hall–Kier alpha value is -2.13. The summed E-state index contributed by atoms with van der Waals surface area (Å²) in [6.07, 6.45) is 0.467. The van der Waals surface area contributed by atoms with Crippen molar-refractivity contribution in [3.8, 4) is 0 Å². The summed E-state index contributed by atoms with van der Waals surface area (Å²) in [6, 6.07) is 6.55. The van der Waals surface area contributed by atoms with Crippen molar-refractivity contribution in [3.63, 3.8) is 0 Å². The topological polar surface area (TPSA) is 121 Å². The fraction of sp³-hybridized carbons (Fsp3) is 0.438. The van der Waals surface area contributed by atoms with E-state index in [1.807, 2.05) is 0 Å². The Morgan fingerprint density at radius 2 is 1.81 bits per heavy atom. The van der Waals surface area contributed by atoms with Crippen molar-refractivity contribution in [1.29, 1.82) is 0 Å². The third-order valence-electron chi connectivity index (χ3n) is 3.90. The molecule has 1 saturated heterocycles. The van der Waals surface area contributed by atoms with E-state index in [9.17, 15) is 22.8 Å². The highest BCUT2D eigenvalue weighted by Gasteiger charge is 2.29. The molecule has 0 spiro atoms. The van der Waals surface area contributed by atoms with Gasteiger partial charge in [-0.05, 0) is 24.5 Å². The van der Waals surface area contributed by atoms with Crippen LogP contribution in [0.1, 0.15) is 29.6 Å². The summed E-state index contributed by atoms with van der Waals surface area (Å²) in [5.74, 6) is -1.43. The molecule has 142 valence electrons. The number of hydrogen-bond donors (Lipinski definition) is 3. The standard InChI is InChI=1S/C16H20ClN3O5S/c17-13-4-2-1-3-12(13)16(23)18-7-5-14(21)19-20-15(22)9-11-6-8-26(24,25)10-11/h1-4,11H,5-10H2,(H,18,23)(H,19,21)(H,20,22)/t11-/m0/s1. The van der Waals surface area contributed by atoms with Crippen LogP contribution in [0.5, 0.6) is 0 Å². The number of carbonyl (C=O) groups excluding carboxylic acids is 3. The fourth-order valence-corrected chi connectivity index (χ4v) is 4.66. The van der Waals surface area contributed by atoms with E-state index in [0.29, 0.717) is 17.0 Å². The van der Waals surface area contributed by atoms with Crippen LogP contribution < -0.4 is 16.2 Å². The zero-order valence-corrected chi connectivity index (χ0v) is 15.5. The first-order valence-corrected chi connectivity index (χ1v) is 10.3. The maximum atomic E-state index is 11.9. The summed E-state index contributed by atoms with van der Waals surface area (Å²) < 4.78 is 22.7. The van der Waals surface area contributed by atoms with Crippen LogP contribution in [0.3, 0.4) is 0 Å². The first-order valence-electron chi connectivity index (χ1n) is 8.07. The molecule has 10 heteroatoms. The van der Waals surface area contributed by atoms with Gasteiger partial charge < -0.3 is 5.32 Å². The normalized spacial score (nSPS) is 18.1. The predicted octanol–water partition coefficient (Wildman–Crippen LogP) is 0.432. The Balaban J connectivity index is 1.64. The van der Waals surface area contributed by atoms with Gasteiger partial charge in [0.05, 0.1) is 22.1 Å². The number of benzene rings is 1. The van der Waals surface area contributed by atoms with Crippen molar-refractivity contribution in [2.24, 2.45) is 5.92 Å². The highest BCUT2D eigenvalue weighted by atomic mass is 35.5. The molecule has 0 aliphatic carbocycles. The summed E-state index contributed by atoms with van der Waals surface area (Å²) in [4.78, 5) is 35.3. The number of rotatable bonds is 6. The largest absolute Gasteiger partial charge is 0.351 e. The Labute approximate surface area is 156 Å². The molecule has 1 fully saturated rings. The zero-order chi connectivity index (χ0) is 19.2. The van der Waals surface area contributed by atoms with Crippen molar-refractivity contribution in [2.75, 3.05) is 18.1 Å². The highest BCUT2D eigenvalue weighted by molar-refractivity contribution is 7.91. The second-order valence-corrected chi connectivity index (χ2v) is 8.69. The second-order valence-electron chi connectivity index (χ2n) is 6.06. The molecule has 1 atom stereocenters. The van der Waals surface area contributed by atoms with Gasteiger partial charge in [0.15, 0.2) is 9.84 Å². The molecular formula is C16H20ClN3O5S. The Morgan fingerprint density at radius 1 is 1.12 bits per heavy atom. The van der Waals surface area contributed by atoms with E-state index in [4.69, 9.17) is 11.6 Å². The van der Waals surface area contributed by atoms with Gasteiger partial charge in [-0.2, -0.15) is 0 Å². The quantitative estimate of drug-likeness (QED) is 0.597. The zero-order valence-electron chi connectivity index (χ0n) is 14.0. The maximum Gasteiger partial charge on any atom is 0.252 e. The molecule has 1 aliphatic rings. The first-order chi connectivity index (χ1) is 12.3. The Kier molecular flexibility index (Phi) is 6.98. The van der Waals surface area contributed by atoms with Crippen LogP contribution in [0.2, 0.25) is 5.02 Å². The van der Waals surface area contributed by atoms with Gasteiger partial charge in [-0.1, -0.05) is 23.7 Å². The van der Waals surface area contributed by atoms with Crippen LogP contribution in [0, 0.1) is 5.92 Å². The SMILES string of the molecule is O=C(CCNC(=O)c1ccccc1Cl)NNC(=O)C[C@@H]1CCS(=O)(=O)C1. The first kappa shape index (κ1) is 20.2. The van der Waals surface area contributed by atoms with Gasteiger partial charge in [-0.3, -0.25) is 25.2 Å². The minimum Gasteiger partial charge on any atom is -0.351 e. The lowest BCUT2D eigenvalue weighted by Gasteiger charge is -2.10. The van der Waals surface area contributed by atoms with Gasteiger partial charge in [0, 0.05) is 19.4 Å². The van der Waals surface area contributed by atoms with Crippen molar-refractivity contribution in [3.05, 3.63) is 34.9 Å². The molecule has 2 rings (SSSR count). The number of nitrogens with one attached hydrogen (secondary N) is 3. The number of hydrogen-bond acceptors (Lipinski definition) is 5. The fourth-order valence-electron chi connectivity index (χ4n) is 2.58. The van der Waals surface area contributed by atoms with E-state index in [2.05, 4.69) is 16.2 Å². The third kappa shape index (κ3) is 6.30. The van der Waals surface area contributed by atoms with Gasteiger partial charge in [-0.15, -0.1) is 0 Å².